The average Bonchev–Trinajstić information content (AvgIpc) is 2.94. The van der Waals surface area contributed by atoms with Crippen LogP contribution in [0.15, 0.2) is 38.5 Å². The van der Waals surface area contributed by atoms with Gasteiger partial charge in [0, 0.05) is 20.3 Å². The Labute approximate surface area is 124 Å². The maximum atomic E-state index is 6.37. The number of rotatable bonds is 2. The first-order valence-corrected chi connectivity index (χ1v) is 7.73. The Morgan fingerprint density at radius 2 is 2.05 bits per heavy atom. The highest BCUT2D eigenvalue weighted by atomic mass is 79.9. The number of aryl methyl sites for hydroxylation is 2. The van der Waals surface area contributed by atoms with Gasteiger partial charge in [0.25, 0.3) is 0 Å². The predicted molar refractivity (Wildman–Crippen MR) is 83.7 cm³/mol. The second kappa shape index (κ2) is 4.78. The molecule has 0 aliphatic rings. The Bertz CT molecular complexity index is 744. The summed E-state index contributed by atoms with van der Waals surface area (Å²) in [5.41, 5.74) is 9.60. The third-order valence-electron chi connectivity index (χ3n) is 3.40. The molecule has 4 heteroatoms. The van der Waals surface area contributed by atoms with Crippen LogP contribution in [0.5, 0.6) is 0 Å². The quantitative estimate of drug-likeness (QED) is 0.721. The lowest BCUT2D eigenvalue weighted by atomic mass is 10.1. The molecule has 3 rings (SSSR count). The third-order valence-corrected chi connectivity index (χ3v) is 5.00. The number of furan rings is 1. The van der Waals surface area contributed by atoms with Crippen LogP contribution >= 0.6 is 27.3 Å². The Hall–Kier alpha value is -1.10. The number of benzene rings is 1. The van der Waals surface area contributed by atoms with Gasteiger partial charge in [-0.3, -0.25) is 0 Å². The topological polar surface area (TPSA) is 39.2 Å². The summed E-state index contributed by atoms with van der Waals surface area (Å²) in [6.45, 7) is 4.15. The van der Waals surface area contributed by atoms with Crippen LogP contribution < -0.4 is 5.73 Å². The fraction of sp³-hybridized carbons (Fsp3) is 0.200. The largest absolute Gasteiger partial charge is 0.459 e. The Balaban J connectivity index is 2.15. The zero-order valence-electron chi connectivity index (χ0n) is 10.7. The van der Waals surface area contributed by atoms with Gasteiger partial charge in [-0.2, -0.15) is 0 Å². The van der Waals surface area contributed by atoms with Crippen molar-refractivity contribution < 1.29 is 4.42 Å². The zero-order chi connectivity index (χ0) is 13.6. The van der Waals surface area contributed by atoms with E-state index in [0.29, 0.717) is 0 Å². The maximum absolute atomic E-state index is 6.37. The van der Waals surface area contributed by atoms with Crippen molar-refractivity contribution in [1.29, 1.82) is 0 Å². The van der Waals surface area contributed by atoms with Crippen molar-refractivity contribution in [2.45, 2.75) is 19.9 Å². The van der Waals surface area contributed by atoms with E-state index < -0.39 is 0 Å². The summed E-state index contributed by atoms with van der Waals surface area (Å²) in [4.78, 5) is 1.17. The van der Waals surface area contributed by atoms with Gasteiger partial charge in [-0.1, -0.05) is 15.9 Å². The lowest BCUT2D eigenvalue weighted by Gasteiger charge is -2.09. The molecule has 0 aliphatic heterocycles. The molecule has 0 aliphatic carbocycles. The van der Waals surface area contributed by atoms with Crippen LogP contribution in [0.2, 0.25) is 0 Å². The standard InChI is InChI=1S/C15H14BrNOS/c1-8-5-6-19-15(8)13(17)14-9(2)11-7-10(16)3-4-12(11)18-14/h3-7,13H,17H2,1-2H3. The molecular formula is C15H14BrNOS. The minimum atomic E-state index is -0.189. The first kappa shape index (κ1) is 12.9. The summed E-state index contributed by atoms with van der Waals surface area (Å²) in [6, 6.07) is 7.94. The van der Waals surface area contributed by atoms with Crippen molar-refractivity contribution >= 4 is 38.2 Å². The zero-order valence-corrected chi connectivity index (χ0v) is 13.1. The number of fused-ring (bicyclic) bond motifs is 1. The van der Waals surface area contributed by atoms with Gasteiger partial charge in [-0.05, 0) is 49.1 Å². The number of hydrogen-bond donors (Lipinski definition) is 1. The lowest BCUT2D eigenvalue weighted by Crippen LogP contribution is -2.11. The van der Waals surface area contributed by atoms with Crippen molar-refractivity contribution in [3.8, 4) is 0 Å². The first-order chi connectivity index (χ1) is 9.08. The van der Waals surface area contributed by atoms with Crippen LogP contribution in [0, 0.1) is 13.8 Å². The molecule has 0 radical (unpaired) electrons. The van der Waals surface area contributed by atoms with E-state index in [-0.39, 0.29) is 6.04 Å². The van der Waals surface area contributed by atoms with Gasteiger partial charge >= 0.3 is 0 Å². The van der Waals surface area contributed by atoms with Crippen molar-refractivity contribution in [3.63, 3.8) is 0 Å². The lowest BCUT2D eigenvalue weighted by molar-refractivity contribution is 0.523. The van der Waals surface area contributed by atoms with E-state index in [2.05, 4.69) is 47.3 Å². The molecule has 2 N–H and O–H groups in total. The molecule has 2 nitrogen and oxygen atoms in total. The molecule has 0 saturated heterocycles. The van der Waals surface area contributed by atoms with Crippen LogP contribution in [0.3, 0.4) is 0 Å². The minimum Gasteiger partial charge on any atom is -0.459 e. The van der Waals surface area contributed by atoms with Crippen LogP contribution in [-0.2, 0) is 0 Å². The molecule has 0 bridgehead atoms. The van der Waals surface area contributed by atoms with Crippen LogP contribution in [0.4, 0.5) is 0 Å². The molecule has 2 heterocycles. The van der Waals surface area contributed by atoms with Crippen LogP contribution in [0.25, 0.3) is 11.0 Å². The first-order valence-electron chi connectivity index (χ1n) is 6.06. The normalized spacial score (nSPS) is 13.1. The highest BCUT2D eigenvalue weighted by Gasteiger charge is 2.20. The van der Waals surface area contributed by atoms with Gasteiger partial charge in [-0.25, -0.2) is 0 Å². The highest BCUT2D eigenvalue weighted by Crippen LogP contribution is 2.35. The molecule has 0 saturated carbocycles. The molecule has 0 spiro atoms. The summed E-state index contributed by atoms with van der Waals surface area (Å²) in [5, 5.41) is 3.19. The van der Waals surface area contributed by atoms with Crippen LogP contribution in [-0.4, -0.2) is 0 Å². The third kappa shape index (κ3) is 2.14. The molecule has 1 unspecified atom stereocenters. The fourth-order valence-corrected chi connectivity index (χ4v) is 3.62. The second-order valence-electron chi connectivity index (χ2n) is 4.68. The number of nitrogens with two attached hydrogens (primary N) is 1. The molecule has 3 aromatic rings. The van der Waals surface area contributed by atoms with Crippen molar-refractivity contribution in [3.05, 3.63) is 55.9 Å². The van der Waals surface area contributed by atoms with Gasteiger partial charge in [0.2, 0.25) is 0 Å². The highest BCUT2D eigenvalue weighted by molar-refractivity contribution is 9.10. The molecule has 19 heavy (non-hydrogen) atoms. The summed E-state index contributed by atoms with van der Waals surface area (Å²) >= 11 is 5.17. The van der Waals surface area contributed by atoms with E-state index >= 15 is 0 Å². The SMILES string of the molecule is Cc1ccsc1C(N)c1oc2ccc(Br)cc2c1C. The van der Waals surface area contributed by atoms with Gasteiger partial charge < -0.3 is 10.2 Å². The summed E-state index contributed by atoms with van der Waals surface area (Å²) in [5.74, 6) is 0.860. The molecule has 0 fully saturated rings. The Morgan fingerprint density at radius 1 is 1.26 bits per heavy atom. The molecule has 0 amide bonds. The molecular weight excluding hydrogens is 322 g/mol. The number of hydrogen-bond acceptors (Lipinski definition) is 3. The molecule has 1 aromatic carbocycles. The van der Waals surface area contributed by atoms with Crippen molar-refractivity contribution in [2.24, 2.45) is 5.73 Å². The number of thiophene rings is 1. The Kier molecular flexibility index (Phi) is 3.25. The molecule has 98 valence electrons. The van der Waals surface area contributed by atoms with Gasteiger partial charge in [0.1, 0.15) is 11.3 Å². The monoisotopic (exact) mass is 335 g/mol. The maximum Gasteiger partial charge on any atom is 0.134 e. The van der Waals surface area contributed by atoms with Crippen molar-refractivity contribution in [1.82, 2.24) is 0 Å². The smallest absolute Gasteiger partial charge is 0.134 e. The Morgan fingerprint density at radius 3 is 2.74 bits per heavy atom. The van der Waals surface area contributed by atoms with Gasteiger partial charge in [0.15, 0.2) is 0 Å². The summed E-state index contributed by atoms with van der Waals surface area (Å²) < 4.78 is 7.01. The van der Waals surface area contributed by atoms with E-state index in [0.717, 1.165) is 26.8 Å². The second-order valence-corrected chi connectivity index (χ2v) is 6.54. The van der Waals surface area contributed by atoms with E-state index in [1.165, 1.54) is 10.4 Å². The predicted octanol–water partition coefficient (Wildman–Crippen LogP) is 4.92. The summed E-state index contributed by atoms with van der Waals surface area (Å²) in [7, 11) is 0. The minimum absolute atomic E-state index is 0.189. The van der Waals surface area contributed by atoms with E-state index in [1.807, 2.05) is 12.1 Å². The van der Waals surface area contributed by atoms with Gasteiger partial charge in [-0.15, -0.1) is 11.3 Å². The average molecular weight is 336 g/mol. The summed E-state index contributed by atoms with van der Waals surface area (Å²) in [6.07, 6.45) is 0. The molecule has 1 atom stereocenters. The van der Waals surface area contributed by atoms with Crippen LogP contribution in [0.1, 0.15) is 27.8 Å². The number of halogens is 1. The van der Waals surface area contributed by atoms with E-state index in [1.54, 1.807) is 11.3 Å². The van der Waals surface area contributed by atoms with Crippen molar-refractivity contribution in [2.75, 3.05) is 0 Å². The van der Waals surface area contributed by atoms with Gasteiger partial charge in [0.05, 0.1) is 6.04 Å². The van der Waals surface area contributed by atoms with E-state index in [9.17, 15) is 0 Å². The molecule has 2 aromatic heterocycles. The fourth-order valence-electron chi connectivity index (χ4n) is 2.33. The van der Waals surface area contributed by atoms with E-state index in [4.69, 9.17) is 10.2 Å².